The van der Waals surface area contributed by atoms with E-state index in [4.69, 9.17) is 4.74 Å². The van der Waals surface area contributed by atoms with Crippen LogP contribution in [0.25, 0.3) is 0 Å². The molecule has 0 heterocycles. The van der Waals surface area contributed by atoms with E-state index in [1.165, 1.54) is 12.5 Å². The molecule has 1 aliphatic rings. The average molecular weight is 196 g/mol. The highest BCUT2D eigenvalue weighted by Gasteiger charge is 2.30. The van der Waals surface area contributed by atoms with E-state index in [0.717, 1.165) is 12.8 Å². The van der Waals surface area contributed by atoms with Gasteiger partial charge in [-0.3, -0.25) is 4.79 Å². The SMILES string of the molecule is CC(=O)OC1C(C)=CCCC1C(C)C. The minimum absolute atomic E-state index is 0.0150. The quantitative estimate of drug-likeness (QED) is 0.501. The largest absolute Gasteiger partial charge is 0.458 e. The fourth-order valence-corrected chi connectivity index (χ4v) is 2.15. The van der Waals surface area contributed by atoms with Gasteiger partial charge in [-0.05, 0) is 31.3 Å². The number of hydrogen-bond donors (Lipinski definition) is 0. The summed E-state index contributed by atoms with van der Waals surface area (Å²) in [6.07, 6.45) is 4.45. The molecule has 0 aliphatic heterocycles. The predicted octanol–water partition coefficient (Wildman–Crippen LogP) is 2.93. The third-order valence-corrected chi connectivity index (χ3v) is 2.95. The van der Waals surface area contributed by atoms with Crippen LogP contribution in [0.1, 0.15) is 40.5 Å². The van der Waals surface area contributed by atoms with Crippen LogP contribution in [-0.2, 0) is 9.53 Å². The summed E-state index contributed by atoms with van der Waals surface area (Å²) in [4.78, 5) is 11.0. The van der Waals surface area contributed by atoms with Crippen molar-refractivity contribution in [1.82, 2.24) is 0 Å². The third-order valence-electron chi connectivity index (χ3n) is 2.95. The molecule has 1 aliphatic carbocycles. The molecule has 0 aromatic rings. The zero-order valence-corrected chi connectivity index (χ0v) is 9.54. The van der Waals surface area contributed by atoms with Crippen LogP contribution in [-0.4, -0.2) is 12.1 Å². The fraction of sp³-hybridized carbons (Fsp3) is 0.750. The summed E-state index contributed by atoms with van der Waals surface area (Å²) in [6, 6.07) is 0. The van der Waals surface area contributed by atoms with Crippen LogP contribution >= 0.6 is 0 Å². The van der Waals surface area contributed by atoms with Crippen LogP contribution in [0.4, 0.5) is 0 Å². The molecule has 0 radical (unpaired) electrons. The summed E-state index contributed by atoms with van der Waals surface area (Å²) < 4.78 is 5.37. The molecule has 0 aromatic carbocycles. The Hall–Kier alpha value is -0.790. The topological polar surface area (TPSA) is 26.3 Å². The first-order chi connectivity index (χ1) is 6.52. The van der Waals surface area contributed by atoms with Crippen molar-refractivity contribution >= 4 is 5.97 Å². The van der Waals surface area contributed by atoms with Crippen molar-refractivity contribution in [1.29, 1.82) is 0 Å². The normalized spacial score (nSPS) is 27.4. The smallest absolute Gasteiger partial charge is 0.303 e. The summed E-state index contributed by atoms with van der Waals surface area (Å²) in [5, 5.41) is 0. The van der Waals surface area contributed by atoms with Crippen molar-refractivity contribution in [3.05, 3.63) is 11.6 Å². The van der Waals surface area contributed by atoms with Gasteiger partial charge in [0.05, 0.1) is 0 Å². The minimum atomic E-state index is -0.171. The summed E-state index contributed by atoms with van der Waals surface area (Å²) >= 11 is 0. The van der Waals surface area contributed by atoms with Crippen molar-refractivity contribution < 1.29 is 9.53 Å². The zero-order chi connectivity index (χ0) is 10.7. The van der Waals surface area contributed by atoms with Gasteiger partial charge in [-0.2, -0.15) is 0 Å². The number of ether oxygens (including phenoxy) is 1. The first-order valence-electron chi connectivity index (χ1n) is 5.36. The van der Waals surface area contributed by atoms with E-state index in [1.807, 2.05) is 0 Å². The molecule has 2 nitrogen and oxygen atoms in total. The van der Waals surface area contributed by atoms with Crippen molar-refractivity contribution in [2.24, 2.45) is 11.8 Å². The maximum Gasteiger partial charge on any atom is 0.303 e. The maximum atomic E-state index is 11.0. The highest BCUT2D eigenvalue weighted by Crippen LogP contribution is 2.32. The Morgan fingerprint density at radius 3 is 2.71 bits per heavy atom. The van der Waals surface area contributed by atoms with Gasteiger partial charge >= 0.3 is 5.97 Å². The molecule has 2 atom stereocenters. The predicted molar refractivity (Wildman–Crippen MR) is 56.9 cm³/mol. The molecule has 0 aromatic heterocycles. The van der Waals surface area contributed by atoms with Gasteiger partial charge in [0.15, 0.2) is 0 Å². The Kier molecular flexibility index (Phi) is 3.73. The Bertz CT molecular complexity index is 241. The molecule has 0 saturated carbocycles. The molecule has 0 bridgehead atoms. The van der Waals surface area contributed by atoms with Gasteiger partial charge in [0.25, 0.3) is 0 Å². The molecule has 0 amide bonds. The molecular formula is C12H20O2. The lowest BCUT2D eigenvalue weighted by atomic mass is 9.79. The molecule has 1 rings (SSSR count). The van der Waals surface area contributed by atoms with Crippen LogP contribution < -0.4 is 0 Å². The van der Waals surface area contributed by atoms with Crippen LogP contribution in [0.3, 0.4) is 0 Å². The molecule has 14 heavy (non-hydrogen) atoms. The van der Waals surface area contributed by atoms with E-state index in [1.54, 1.807) is 0 Å². The van der Waals surface area contributed by atoms with Crippen LogP contribution in [0.15, 0.2) is 11.6 Å². The fourth-order valence-electron chi connectivity index (χ4n) is 2.15. The molecule has 80 valence electrons. The van der Waals surface area contributed by atoms with Gasteiger partial charge in [0.1, 0.15) is 6.10 Å². The molecule has 2 unspecified atom stereocenters. The Labute approximate surface area is 86.3 Å². The van der Waals surface area contributed by atoms with Crippen molar-refractivity contribution in [2.75, 3.05) is 0 Å². The summed E-state index contributed by atoms with van der Waals surface area (Å²) in [5.74, 6) is 0.891. The molecule has 0 N–H and O–H groups in total. The second-order valence-electron chi connectivity index (χ2n) is 4.46. The monoisotopic (exact) mass is 196 g/mol. The van der Waals surface area contributed by atoms with Gasteiger partial charge in [-0.1, -0.05) is 19.9 Å². The number of hydrogen-bond acceptors (Lipinski definition) is 2. The molecule has 0 spiro atoms. The molecular weight excluding hydrogens is 176 g/mol. The summed E-state index contributed by atoms with van der Waals surface area (Å²) in [7, 11) is 0. The van der Waals surface area contributed by atoms with E-state index >= 15 is 0 Å². The molecule has 0 saturated heterocycles. The van der Waals surface area contributed by atoms with Gasteiger partial charge in [-0.25, -0.2) is 0 Å². The maximum absolute atomic E-state index is 11.0. The van der Waals surface area contributed by atoms with E-state index in [9.17, 15) is 4.79 Å². The minimum Gasteiger partial charge on any atom is -0.458 e. The van der Waals surface area contributed by atoms with Gasteiger partial charge < -0.3 is 4.74 Å². The average Bonchev–Trinajstić information content (AvgIpc) is 2.07. The van der Waals surface area contributed by atoms with E-state index in [-0.39, 0.29) is 12.1 Å². The van der Waals surface area contributed by atoms with Crippen molar-refractivity contribution in [2.45, 2.75) is 46.6 Å². The standard InChI is InChI=1S/C12H20O2/c1-8(2)11-7-5-6-9(3)12(11)14-10(4)13/h6,8,11-12H,5,7H2,1-4H3. The molecule has 2 heteroatoms. The highest BCUT2D eigenvalue weighted by atomic mass is 16.5. The number of rotatable bonds is 2. The first kappa shape index (κ1) is 11.3. The van der Waals surface area contributed by atoms with Gasteiger partial charge in [-0.15, -0.1) is 0 Å². The van der Waals surface area contributed by atoms with Crippen LogP contribution in [0.2, 0.25) is 0 Å². The van der Waals surface area contributed by atoms with E-state index in [2.05, 4.69) is 26.8 Å². The summed E-state index contributed by atoms with van der Waals surface area (Å²) in [5.41, 5.74) is 1.21. The lowest BCUT2D eigenvalue weighted by Crippen LogP contribution is -2.32. The second-order valence-corrected chi connectivity index (χ2v) is 4.46. The van der Waals surface area contributed by atoms with E-state index < -0.39 is 0 Å². The van der Waals surface area contributed by atoms with Crippen molar-refractivity contribution in [3.63, 3.8) is 0 Å². The highest BCUT2D eigenvalue weighted by molar-refractivity contribution is 5.66. The molecule has 0 fully saturated rings. The Morgan fingerprint density at radius 1 is 1.57 bits per heavy atom. The van der Waals surface area contributed by atoms with Crippen LogP contribution in [0.5, 0.6) is 0 Å². The number of esters is 1. The Balaban J connectivity index is 2.76. The van der Waals surface area contributed by atoms with Gasteiger partial charge in [0, 0.05) is 12.8 Å². The Morgan fingerprint density at radius 2 is 2.21 bits per heavy atom. The van der Waals surface area contributed by atoms with E-state index in [0.29, 0.717) is 11.8 Å². The zero-order valence-electron chi connectivity index (χ0n) is 9.54. The lowest BCUT2D eigenvalue weighted by molar-refractivity contribution is -0.148. The summed E-state index contributed by atoms with van der Waals surface area (Å²) in [6.45, 7) is 7.93. The van der Waals surface area contributed by atoms with Gasteiger partial charge in [0.2, 0.25) is 0 Å². The van der Waals surface area contributed by atoms with Crippen LogP contribution in [0, 0.1) is 11.8 Å². The number of carbonyl (C=O) groups excluding carboxylic acids is 1. The van der Waals surface area contributed by atoms with Crippen molar-refractivity contribution in [3.8, 4) is 0 Å². The number of allylic oxidation sites excluding steroid dienone is 1. The second kappa shape index (κ2) is 4.63. The first-order valence-corrected chi connectivity index (χ1v) is 5.36. The third kappa shape index (κ3) is 2.60. The number of carbonyl (C=O) groups is 1. The lowest BCUT2D eigenvalue weighted by Gasteiger charge is -2.33.